The Balaban J connectivity index is 2.10. The summed E-state index contributed by atoms with van der Waals surface area (Å²) in [7, 11) is 0. The van der Waals surface area contributed by atoms with Crippen LogP contribution in [0.5, 0.6) is 0 Å². The van der Waals surface area contributed by atoms with Crippen LogP contribution in [0.25, 0.3) is 0 Å². The van der Waals surface area contributed by atoms with Crippen LogP contribution >= 0.6 is 11.8 Å². The van der Waals surface area contributed by atoms with Gasteiger partial charge < -0.3 is 5.32 Å². The SMILES string of the molecule is CCCCCCNC(=O)CSCc1ccc(C#N)cc1. The summed E-state index contributed by atoms with van der Waals surface area (Å²) in [5.41, 5.74) is 1.81. The number of unbranched alkanes of at least 4 members (excludes halogenated alkanes) is 3. The Morgan fingerprint density at radius 1 is 1.25 bits per heavy atom. The lowest BCUT2D eigenvalue weighted by Gasteiger charge is -2.05. The van der Waals surface area contributed by atoms with Crippen LogP contribution in [-0.2, 0) is 10.5 Å². The van der Waals surface area contributed by atoms with Crippen molar-refractivity contribution in [3.05, 3.63) is 35.4 Å². The fraction of sp³-hybridized carbons (Fsp3) is 0.500. The number of rotatable bonds is 9. The molecular formula is C16H22N2OS. The fourth-order valence-electron chi connectivity index (χ4n) is 1.77. The summed E-state index contributed by atoms with van der Waals surface area (Å²) in [4.78, 5) is 11.6. The van der Waals surface area contributed by atoms with E-state index < -0.39 is 0 Å². The highest BCUT2D eigenvalue weighted by Crippen LogP contribution is 2.12. The average Bonchev–Trinajstić information content (AvgIpc) is 2.48. The molecule has 4 heteroatoms. The third-order valence-electron chi connectivity index (χ3n) is 2.94. The lowest BCUT2D eigenvalue weighted by atomic mass is 10.2. The second kappa shape index (κ2) is 10.3. The zero-order valence-electron chi connectivity index (χ0n) is 12.0. The molecule has 0 saturated heterocycles. The van der Waals surface area contributed by atoms with E-state index in [9.17, 15) is 4.79 Å². The number of benzene rings is 1. The fourth-order valence-corrected chi connectivity index (χ4v) is 2.59. The molecule has 0 atom stereocenters. The minimum atomic E-state index is 0.111. The average molecular weight is 290 g/mol. The Bertz CT molecular complexity index is 437. The van der Waals surface area contributed by atoms with E-state index in [1.165, 1.54) is 19.3 Å². The van der Waals surface area contributed by atoms with E-state index in [-0.39, 0.29) is 5.91 Å². The Labute approximate surface area is 125 Å². The number of hydrogen-bond acceptors (Lipinski definition) is 3. The van der Waals surface area contributed by atoms with Gasteiger partial charge in [-0.2, -0.15) is 5.26 Å². The van der Waals surface area contributed by atoms with Gasteiger partial charge in [-0.25, -0.2) is 0 Å². The van der Waals surface area contributed by atoms with Crippen molar-refractivity contribution in [2.45, 2.75) is 38.4 Å². The number of amides is 1. The second-order valence-electron chi connectivity index (χ2n) is 4.71. The van der Waals surface area contributed by atoms with Crippen LogP contribution in [0.1, 0.15) is 43.7 Å². The van der Waals surface area contributed by atoms with Gasteiger partial charge in [0.15, 0.2) is 0 Å². The molecule has 0 bridgehead atoms. The summed E-state index contributed by atoms with van der Waals surface area (Å²) >= 11 is 1.60. The maximum absolute atomic E-state index is 11.6. The van der Waals surface area contributed by atoms with Crippen molar-refractivity contribution in [1.29, 1.82) is 5.26 Å². The molecule has 0 aromatic heterocycles. The summed E-state index contributed by atoms with van der Waals surface area (Å²) in [6, 6.07) is 9.59. The Morgan fingerprint density at radius 3 is 2.65 bits per heavy atom. The maximum Gasteiger partial charge on any atom is 0.230 e. The molecule has 1 rings (SSSR count). The zero-order valence-corrected chi connectivity index (χ0v) is 12.8. The van der Waals surface area contributed by atoms with Gasteiger partial charge in [-0.1, -0.05) is 38.3 Å². The molecule has 0 unspecified atom stereocenters. The molecule has 1 N–H and O–H groups in total. The van der Waals surface area contributed by atoms with Gasteiger partial charge in [0.05, 0.1) is 17.4 Å². The highest BCUT2D eigenvalue weighted by atomic mass is 32.2. The predicted octanol–water partition coefficient (Wildman–Crippen LogP) is 3.49. The molecule has 3 nitrogen and oxygen atoms in total. The van der Waals surface area contributed by atoms with Gasteiger partial charge in [0.1, 0.15) is 0 Å². The van der Waals surface area contributed by atoms with Crippen LogP contribution in [-0.4, -0.2) is 18.2 Å². The topological polar surface area (TPSA) is 52.9 Å². The van der Waals surface area contributed by atoms with E-state index in [1.807, 2.05) is 24.3 Å². The molecule has 0 aliphatic heterocycles. The Hall–Kier alpha value is -1.47. The lowest BCUT2D eigenvalue weighted by Crippen LogP contribution is -2.26. The van der Waals surface area contributed by atoms with E-state index in [2.05, 4.69) is 18.3 Å². The van der Waals surface area contributed by atoms with E-state index in [0.717, 1.165) is 24.3 Å². The van der Waals surface area contributed by atoms with Gasteiger partial charge in [0.2, 0.25) is 5.91 Å². The van der Waals surface area contributed by atoms with Gasteiger partial charge >= 0.3 is 0 Å². The number of nitrogens with one attached hydrogen (secondary N) is 1. The maximum atomic E-state index is 11.6. The molecule has 0 heterocycles. The highest BCUT2D eigenvalue weighted by Gasteiger charge is 2.01. The minimum absolute atomic E-state index is 0.111. The van der Waals surface area contributed by atoms with Gasteiger partial charge in [-0.05, 0) is 24.1 Å². The molecule has 1 aromatic rings. The Kier molecular flexibility index (Phi) is 8.57. The number of nitrogens with zero attached hydrogens (tertiary/aromatic N) is 1. The molecule has 0 saturated carbocycles. The second-order valence-corrected chi connectivity index (χ2v) is 5.70. The molecule has 0 aliphatic carbocycles. The van der Waals surface area contributed by atoms with Crippen LogP contribution in [0.3, 0.4) is 0 Å². The van der Waals surface area contributed by atoms with Crippen molar-refractivity contribution < 1.29 is 4.79 Å². The van der Waals surface area contributed by atoms with Crippen molar-refractivity contribution in [3.8, 4) is 6.07 Å². The molecule has 1 amide bonds. The largest absolute Gasteiger partial charge is 0.355 e. The van der Waals surface area contributed by atoms with E-state index >= 15 is 0 Å². The highest BCUT2D eigenvalue weighted by molar-refractivity contribution is 7.99. The lowest BCUT2D eigenvalue weighted by molar-refractivity contribution is -0.118. The molecular weight excluding hydrogens is 268 g/mol. The van der Waals surface area contributed by atoms with Crippen molar-refractivity contribution >= 4 is 17.7 Å². The molecule has 20 heavy (non-hydrogen) atoms. The predicted molar refractivity (Wildman–Crippen MR) is 84.5 cm³/mol. The Morgan fingerprint density at radius 2 is 2.00 bits per heavy atom. The van der Waals surface area contributed by atoms with Gasteiger partial charge in [0.25, 0.3) is 0 Å². The van der Waals surface area contributed by atoms with Crippen LogP contribution in [0.15, 0.2) is 24.3 Å². The zero-order chi connectivity index (χ0) is 14.6. The van der Waals surface area contributed by atoms with E-state index in [0.29, 0.717) is 11.3 Å². The summed E-state index contributed by atoms with van der Waals surface area (Å²) in [5.74, 6) is 1.41. The molecule has 0 spiro atoms. The first-order valence-electron chi connectivity index (χ1n) is 7.09. The molecule has 0 aliphatic rings. The van der Waals surface area contributed by atoms with Crippen molar-refractivity contribution in [2.24, 2.45) is 0 Å². The van der Waals surface area contributed by atoms with Crippen LogP contribution in [0.2, 0.25) is 0 Å². The number of thioether (sulfide) groups is 1. The summed E-state index contributed by atoms with van der Waals surface area (Å²) < 4.78 is 0. The summed E-state index contributed by atoms with van der Waals surface area (Å²) in [6.45, 7) is 2.97. The minimum Gasteiger partial charge on any atom is -0.355 e. The van der Waals surface area contributed by atoms with Gasteiger partial charge in [0, 0.05) is 12.3 Å². The third-order valence-corrected chi connectivity index (χ3v) is 3.94. The molecule has 1 aromatic carbocycles. The molecule has 108 valence electrons. The summed E-state index contributed by atoms with van der Waals surface area (Å²) in [6.07, 6.45) is 4.72. The number of carbonyl (C=O) groups is 1. The van der Waals surface area contributed by atoms with Crippen molar-refractivity contribution in [2.75, 3.05) is 12.3 Å². The van der Waals surface area contributed by atoms with Gasteiger partial charge in [-0.15, -0.1) is 11.8 Å². The first kappa shape index (κ1) is 16.6. The smallest absolute Gasteiger partial charge is 0.230 e. The first-order valence-corrected chi connectivity index (χ1v) is 8.25. The van der Waals surface area contributed by atoms with E-state index in [4.69, 9.17) is 5.26 Å². The van der Waals surface area contributed by atoms with Crippen molar-refractivity contribution in [3.63, 3.8) is 0 Å². The molecule has 0 fully saturated rings. The standard InChI is InChI=1S/C16H22N2OS/c1-2-3-4-5-10-18-16(19)13-20-12-15-8-6-14(11-17)7-9-15/h6-9H,2-5,10,12-13H2,1H3,(H,18,19). The summed E-state index contributed by atoms with van der Waals surface area (Å²) in [5, 5.41) is 11.6. The van der Waals surface area contributed by atoms with Crippen LogP contribution in [0.4, 0.5) is 0 Å². The van der Waals surface area contributed by atoms with Gasteiger partial charge in [-0.3, -0.25) is 4.79 Å². The normalized spacial score (nSPS) is 10.0. The van der Waals surface area contributed by atoms with Crippen molar-refractivity contribution in [1.82, 2.24) is 5.32 Å². The van der Waals surface area contributed by atoms with Crippen LogP contribution < -0.4 is 5.32 Å². The third kappa shape index (κ3) is 7.20. The quantitative estimate of drug-likeness (QED) is 0.708. The van der Waals surface area contributed by atoms with E-state index in [1.54, 1.807) is 11.8 Å². The number of carbonyl (C=O) groups excluding carboxylic acids is 1. The monoisotopic (exact) mass is 290 g/mol. The molecule has 0 radical (unpaired) electrons. The number of hydrogen-bond donors (Lipinski definition) is 1. The van der Waals surface area contributed by atoms with Crippen LogP contribution in [0, 0.1) is 11.3 Å². The number of nitriles is 1. The first-order chi connectivity index (χ1) is 9.76.